The zero-order valence-electron chi connectivity index (χ0n) is 11.1. The second-order valence-corrected chi connectivity index (χ2v) is 6.12. The highest BCUT2D eigenvalue weighted by atomic mass is 32.2. The van der Waals surface area contributed by atoms with Crippen molar-refractivity contribution in [2.24, 2.45) is 0 Å². The van der Waals surface area contributed by atoms with Crippen LogP contribution in [0.5, 0.6) is 0 Å². The van der Waals surface area contributed by atoms with Crippen LogP contribution in [0.1, 0.15) is 17.0 Å². The number of aryl methyl sites for hydroxylation is 2. The van der Waals surface area contributed by atoms with Gasteiger partial charge in [-0.2, -0.15) is 0 Å². The van der Waals surface area contributed by atoms with Crippen molar-refractivity contribution in [3.8, 4) is 0 Å². The van der Waals surface area contributed by atoms with E-state index in [0.717, 1.165) is 11.8 Å². The molecule has 2 aromatic rings. The topological polar surface area (TPSA) is 72.0 Å². The molecule has 0 aliphatic carbocycles. The quantitative estimate of drug-likeness (QED) is 0.932. The molecule has 1 aromatic carbocycles. The summed E-state index contributed by atoms with van der Waals surface area (Å²) in [5, 5.41) is 0. The summed E-state index contributed by atoms with van der Waals surface area (Å²) >= 11 is 0. The van der Waals surface area contributed by atoms with Gasteiger partial charge in [-0.15, -0.1) is 0 Å². The molecule has 0 fully saturated rings. The highest BCUT2D eigenvalue weighted by Crippen LogP contribution is 2.16. The van der Waals surface area contributed by atoms with Crippen LogP contribution in [0.15, 0.2) is 35.5 Å². The van der Waals surface area contributed by atoms with Crippen LogP contribution in [0.2, 0.25) is 0 Å². The van der Waals surface area contributed by atoms with Gasteiger partial charge in [-0.05, 0) is 31.5 Å². The van der Waals surface area contributed by atoms with Gasteiger partial charge in [0, 0.05) is 6.20 Å². The molecule has 2 rings (SSSR count). The molecule has 0 aliphatic heterocycles. The van der Waals surface area contributed by atoms with Crippen molar-refractivity contribution < 1.29 is 12.8 Å². The van der Waals surface area contributed by atoms with Crippen LogP contribution >= 0.6 is 0 Å². The Labute approximate surface area is 116 Å². The number of sulfonamides is 1. The van der Waals surface area contributed by atoms with E-state index in [9.17, 15) is 12.8 Å². The summed E-state index contributed by atoms with van der Waals surface area (Å²) in [5.41, 5.74) is 1.72. The second-order valence-electron chi connectivity index (χ2n) is 4.38. The van der Waals surface area contributed by atoms with Gasteiger partial charge in [0.15, 0.2) is 0 Å². The number of rotatable bonds is 4. The van der Waals surface area contributed by atoms with Crippen molar-refractivity contribution in [3.05, 3.63) is 53.4 Å². The molecule has 0 saturated carbocycles. The maximum Gasteiger partial charge on any atom is 0.241 e. The molecule has 0 radical (unpaired) electrons. The van der Waals surface area contributed by atoms with Crippen LogP contribution < -0.4 is 4.72 Å². The van der Waals surface area contributed by atoms with Crippen LogP contribution in [0, 0.1) is 19.7 Å². The van der Waals surface area contributed by atoms with E-state index in [1.165, 1.54) is 18.3 Å². The zero-order valence-corrected chi connectivity index (χ0v) is 11.9. The average Bonchev–Trinajstić information content (AvgIpc) is 2.41. The smallest absolute Gasteiger partial charge is 0.241 e. The van der Waals surface area contributed by atoms with E-state index < -0.39 is 15.8 Å². The Balaban J connectivity index is 2.19. The van der Waals surface area contributed by atoms with Crippen molar-refractivity contribution in [3.63, 3.8) is 0 Å². The number of halogens is 1. The van der Waals surface area contributed by atoms with Gasteiger partial charge in [0.05, 0.1) is 29.0 Å². The third-order valence-corrected chi connectivity index (χ3v) is 4.26. The van der Waals surface area contributed by atoms with Crippen LogP contribution in [-0.4, -0.2) is 18.4 Å². The molecule has 0 amide bonds. The van der Waals surface area contributed by atoms with E-state index >= 15 is 0 Å². The monoisotopic (exact) mass is 295 g/mol. The van der Waals surface area contributed by atoms with Crippen LogP contribution in [-0.2, 0) is 16.6 Å². The van der Waals surface area contributed by atoms with Gasteiger partial charge in [-0.1, -0.05) is 6.07 Å². The number of nitrogens with one attached hydrogen (secondary N) is 1. The second kappa shape index (κ2) is 5.64. The van der Waals surface area contributed by atoms with Crippen LogP contribution in [0.4, 0.5) is 4.39 Å². The number of nitrogens with zero attached hydrogens (tertiary/aromatic N) is 2. The zero-order chi connectivity index (χ0) is 14.8. The maximum absolute atomic E-state index is 13.2. The summed E-state index contributed by atoms with van der Waals surface area (Å²) in [6.45, 7) is 3.41. The van der Waals surface area contributed by atoms with Crippen molar-refractivity contribution in [1.82, 2.24) is 14.7 Å². The van der Waals surface area contributed by atoms with E-state index in [0.29, 0.717) is 11.3 Å². The molecule has 0 bridgehead atoms. The Morgan fingerprint density at radius 2 is 1.95 bits per heavy atom. The summed E-state index contributed by atoms with van der Waals surface area (Å²) in [6, 6.07) is 3.65. The third kappa shape index (κ3) is 3.37. The Hall–Kier alpha value is -1.86. The van der Waals surface area contributed by atoms with E-state index in [4.69, 9.17) is 0 Å². The summed E-state index contributed by atoms with van der Waals surface area (Å²) in [7, 11) is -3.78. The minimum atomic E-state index is -3.78. The van der Waals surface area contributed by atoms with Gasteiger partial charge in [0.2, 0.25) is 10.0 Å². The molecule has 5 nitrogen and oxygen atoms in total. The molecule has 7 heteroatoms. The fourth-order valence-corrected chi connectivity index (χ4v) is 2.87. The minimum Gasteiger partial charge on any atom is -0.258 e. The van der Waals surface area contributed by atoms with Crippen LogP contribution in [0.3, 0.4) is 0 Å². The van der Waals surface area contributed by atoms with Crippen molar-refractivity contribution in [2.75, 3.05) is 0 Å². The van der Waals surface area contributed by atoms with Gasteiger partial charge in [-0.25, -0.2) is 17.5 Å². The Morgan fingerprint density at radius 3 is 2.60 bits per heavy atom. The Morgan fingerprint density at radius 1 is 1.20 bits per heavy atom. The number of aromatic nitrogens is 2. The summed E-state index contributed by atoms with van der Waals surface area (Å²) in [4.78, 5) is 8.01. The van der Waals surface area contributed by atoms with Gasteiger partial charge < -0.3 is 0 Å². The molecule has 1 aromatic heterocycles. The summed E-state index contributed by atoms with van der Waals surface area (Å²) < 4.78 is 39.8. The predicted molar refractivity (Wildman–Crippen MR) is 71.9 cm³/mol. The molecular weight excluding hydrogens is 281 g/mol. The van der Waals surface area contributed by atoms with E-state index in [-0.39, 0.29) is 11.4 Å². The molecule has 20 heavy (non-hydrogen) atoms. The van der Waals surface area contributed by atoms with Crippen LogP contribution in [0.25, 0.3) is 0 Å². The lowest BCUT2D eigenvalue weighted by Gasteiger charge is -2.09. The highest BCUT2D eigenvalue weighted by Gasteiger charge is 2.17. The fourth-order valence-electron chi connectivity index (χ4n) is 1.62. The largest absolute Gasteiger partial charge is 0.258 e. The molecule has 0 spiro atoms. The van der Waals surface area contributed by atoms with Gasteiger partial charge in [-0.3, -0.25) is 9.97 Å². The minimum absolute atomic E-state index is 0.00552. The molecule has 0 aliphatic rings. The standard InChI is InChI=1S/C13H14FN3O2S/c1-9-3-4-11(14)5-13(9)20(18,19)17-8-12-7-15-10(2)6-16-12/h3-7,17H,8H2,1-2H3. The predicted octanol–water partition coefficient (Wildman–Crippen LogP) is 1.71. The first-order valence-corrected chi connectivity index (χ1v) is 7.40. The number of benzene rings is 1. The SMILES string of the molecule is Cc1cnc(CNS(=O)(=O)c2cc(F)ccc2C)cn1. The Bertz CT molecular complexity index is 715. The molecule has 106 valence electrons. The fraction of sp³-hybridized carbons (Fsp3) is 0.231. The molecule has 0 unspecified atom stereocenters. The van der Waals surface area contributed by atoms with E-state index in [1.807, 2.05) is 0 Å². The molecule has 0 atom stereocenters. The van der Waals surface area contributed by atoms with Crippen molar-refractivity contribution >= 4 is 10.0 Å². The van der Waals surface area contributed by atoms with E-state index in [2.05, 4.69) is 14.7 Å². The van der Waals surface area contributed by atoms with Gasteiger partial charge >= 0.3 is 0 Å². The first kappa shape index (κ1) is 14.5. The lowest BCUT2D eigenvalue weighted by atomic mass is 10.2. The molecular formula is C13H14FN3O2S. The lowest BCUT2D eigenvalue weighted by molar-refractivity contribution is 0.575. The van der Waals surface area contributed by atoms with Crippen molar-refractivity contribution in [1.29, 1.82) is 0 Å². The number of hydrogen-bond acceptors (Lipinski definition) is 4. The first-order valence-electron chi connectivity index (χ1n) is 5.92. The van der Waals surface area contributed by atoms with E-state index in [1.54, 1.807) is 20.0 Å². The number of hydrogen-bond donors (Lipinski definition) is 1. The lowest BCUT2D eigenvalue weighted by Crippen LogP contribution is -2.24. The first-order chi connectivity index (χ1) is 9.38. The Kier molecular flexibility index (Phi) is 4.10. The third-order valence-electron chi connectivity index (χ3n) is 2.72. The molecule has 1 N–H and O–H groups in total. The normalized spacial score (nSPS) is 11.6. The highest BCUT2D eigenvalue weighted by molar-refractivity contribution is 7.89. The van der Waals surface area contributed by atoms with Gasteiger partial charge in [0.25, 0.3) is 0 Å². The molecule has 1 heterocycles. The van der Waals surface area contributed by atoms with Crippen molar-refractivity contribution in [2.45, 2.75) is 25.3 Å². The maximum atomic E-state index is 13.2. The van der Waals surface area contributed by atoms with Gasteiger partial charge in [0.1, 0.15) is 5.82 Å². The summed E-state index contributed by atoms with van der Waals surface area (Å²) in [6.07, 6.45) is 3.05. The summed E-state index contributed by atoms with van der Waals surface area (Å²) in [5.74, 6) is -0.592. The molecule has 0 saturated heterocycles. The average molecular weight is 295 g/mol.